The number of aliphatic hydroxyl groups is 2. The maximum absolute atomic E-state index is 12.4. The van der Waals surface area contributed by atoms with Gasteiger partial charge in [-0.1, -0.05) is 43.7 Å². The van der Waals surface area contributed by atoms with Gasteiger partial charge in [-0.2, -0.15) is 0 Å². The second kappa shape index (κ2) is 8.59. The Balaban J connectivity index is 1.96. The molecule has 1 saturated carbocycles. The molecule has 0 heterocycles. The lowest BCUT2D eigenvalue weighted by atomic mass is 9.80. The summed E-state index contributed by atoms with van der Waals surface area (Å²) in [5.74, 6) is -1.62. The van der Waals surface area contributed by atoms with Crippen molar-refractivity contribution in [2.45, 2.75) is 70.2 Å². The Hall–Kier alpha value is -1.72. The van der Waals surface area contributed by atoms with Crippen molar-refractivity contribution in [3.8, 4) is 0 Å². The topological polar surface area (TPSA) is 83.8 Å². The summed E-state index contributed by atoms with van der Waals surface area (Å²) >= 11 is 0. The van der Waals surface area contributed by atoms with Gasteiger partial charge in [-0.3, -0.25) is 9.59 Å². The van der Waals surface area contributed by atoms with Crippen molar-refractivity contribution in [1.29, 1.82) is 0 Å². The van der Waals surface area contributed by atoms with Crippen molar-refractivity contribution in [1.82, 2.24) is 0 Å². The van der Waals surface area contributed by atoms with Crippen LogP contribution in [0.3, 0.4) is 0 Å². The predicted octanol–water partition coefficient (Wildman–Crippen LogP) is 2.42. The number of unbranched alkanes of at least 4 members (excludes halogenated alkanes) is 1. The fraction of sp³-hybridized carbons (Fsp3) is 0.600. The van der Waals surface area contributed by atoms with Crippen molar-refractivity contribution in [3.63, 3.8) is 0 Å². The van der Waals surface area contributed by atoms with E-state index in [-0.39, 0.29) is 18.6 Å². The van der Waals surface area contributed by atoms with Gasteiger partial charge in [0.05, 0.1) is 18.1 Å². The van der Waals surface area contributed by atoms with Gasteiger partial charge in [-0.05, 0) is 31.2 Å². The molecule has 2 rings (SSSR count). The quantitative estimate of drug-likeness (QED) is 0.557. The number of Topliss-reactive ketones (excluding diaryl/α,β-unsaturated/α-hetero) is 1. The molecule has 2 N–H and O–H groups in total. The lowest BCUT2D eigenvalue weighted by Crippen LogP contribution is -2.50. The minimum absolute atomic E-state index is 0.0765. The second-order valence-corrected chi connectivity index (χ2v) is 6.86. The Morgan fingerprint density at radius 3 is 2.60 bits per heavy atom. The van der Waals surface area contributed by atoms with E-state index in [4.69, 9.17) is 4.74 Å². The first-order valence-corrected chi connectivity index (χ1v) is 9.03. The van der Waals surface area contributed by atoms with Crippen LogP contribution in [0.4, 0.5) is 0 Å². The number of carbonyl (C=O) groups excluding carboxylic acids is 2. The summed E-state index contributed by atoms with van der Waals surface area (Å²) < 4.78 is 5.33. The smallest absolute Gasteiger partial charge is 0.303 e. The highest BCUT2D eigenvalue weighted by molar-refractivity contribution is 5.92. The van der Waals surface area contributed by atoms with Crippen LogP contribution < -0.4 is 0 Å². The van der Waals surface area contributed by atoms with Gasteiger partial charge in [0.2, 0.25) is 0 Å². The minimum atomic E-state index is -1.40. The number of benzene rings is 1. The Morgan fingerprint density at radius 2 is 2.00 bits per heavy atom. The third-order valence-corrected chi connectivity index (χ3v) is 5.14. The highest BCUT2D eigenvalue weighted by atomic mass is 16.6. The molecule has 0 aliphatic heterocycles. The van der Waals surface area contributed by atoms with Crippen molar-refractivity contribution in [3.05, 3.63) is 35.9 Å². The summed E-state index contributed by atoms with van der Waals surface area (Å²) in [5, 5.41) is 20.9. The molecule has 0 amide bonds. The average molecular weight is 348 g/mol. The molecule has 0 radical (unpaired) electrons. The summed E-state index contributed by atoms with van der Waals surface area (Å²) in [6.07, 6.45) is 1.39. The van der Waals surface area contributed by atoms with E-state index in [1.165, 1.54) is 12.5 Å². The molecule has 4 atom stereocenters. The molecule has 1 aromatic rings. The molecule has 0 saturated heterocycles. The van der Waals surface area contributed by atoms with Gasteiger partial charge in [0.1, 0.15) is 0 Å². The molecule has 138 valence electrons. The Morgan fingerprint density at radius 1 is 1.32 bits per heavy atom. The highest BCUT2D eigenvalue weighted by Gasteiger charge is 2.58. The summed E-state index contributed by atoms with van der Waals surface area (Å²) in [7, 11) is 0. The number of aryl methyl sites for hydroxylation is 1. The van der Waals surface area contributed by atoms with Crippen molar-refractivity contribution in [2.24, 2.45) is 5.92 Å². The van der Waals surface area contributed by atoms with Gasteiger partial charge in [-0.15, -0.1) is 0 Å². The number of hydrogen-bond donors (Lipinski definition) is 2. The first kappa shape index (κ1) is 19.6. The van der Waals surface area contributed by atoms with E-state index in [1.54, 1.807) is 6.92 Å². The maximum atomic E-state index is 12.4. The molecule has 1 fully saturated rings. The lowest BCUT2D eigenvalue weighted by Gasteiger charge is -2.36. The van der Waals surface area contributed by atoms with Gasteiger partial charge < -0.3 is 14.9 Å². The van der Waals surface area contributed by atoms with E-state index in [9.17, 15) is 19.8 Å². The van der Waals surface area contributed by atoms with E-state index in [2.05, 4.69) is 12.1 Å². The van der Waals surface area contributed by atoms with E-state index >= 15 is 0 Å². The van der Waals surface area contributed by atoms with Crippen molar-refractivity contribution < 1.29 is 24.5 Å². The van der Waals surface area contributed by atoms with Gasteiger partial charge in [-0.25, -0.2) is 0 Å². The second-order valence-electron chi connectivity index (χ2n) is 6.86. The molecular weight excluding hydrogens is 320 g/mol. The fourth-order valence-electron chi connectivity index (χ4n) is 3.95. The van der Waals surface area contributed by atoms with Crippen LogP contribution in [-0.4, -0.2) is 39.8 Å². The molecule has 0 bridgehead atoms. The monoisotopic (exact) mass is 348 g/mol. The Bertz CT molecular complexity index is 585. The van der Waals surface area contributed by atoms with Crippen LogP contribution in [0.1, 0.15) is 51.5 Å². The van der Waals surface area contributed by atoms with Crippen LogP contribution in [0.25, 0.3) is 0 Å². The number of ketones is 1. The molecule has 0 spiro atoms. The van der Waals surface area contributed by atoms with Crippen LogP contribution in [0.2, 0.25) is 0 Å². The first-order chi connectivity index (χ1) is 11.9. The summed E-state index contributed by atoms with van der Waals surface area (Å²) in [4.78, 5) is 23.8. The zero-order valence-corrected chi connectivity index (χ0v) is 15.0. The van der Waals surface area contributed by atoms with E-state index in [1.807, 2.05) is 18.2 Å². The normalized spacial score (nSPS) is 27.3. The van der Waals surface area contributed by atoms with E-state index < -0.39 is 29.7 Å². The summed E-state index contributed by atoms with van der Waals surface area (Å²) in [5.41, 5.74) is -0.153. The van der Waals surface area contributed by atoms with Crippen LogP contribution in [0.15, 0.2) is 30.3 Å². The van der Waals surface area contributed by atoms with Crippen LogP contribution in [0, 0.1) is 5.92 Å². The SMILES string of the molecule is CC[C@]1(OC(C)=O)C(=O)C[C@@H](O)[C@H]1[C@H](O)CCCCc1ccccc1. The van der Waals surface area contributed by atoms with Gasteiger partial charge in [0.25, 0.3) is 0 Å². The number of hydrogen-bond acceptors (Lipinski definition) is 5. The number of aliphatic hydroxyl groups excluding tert-OH is 2. The van der Waals surface area contributed by atoms with Crippen molar-refractivity contribution >= 4 is 11.8 Å². The molecule has 0 aromatic heterocycles. The van der Waals surface area contributed by atoms with E-state index in [0.717, 1.165) is 19.3 Å². The molecule has 25 heavy (non-hydrogen) atoms. The van der Waals surface area contributed by atoms with Crippen LogP contribution in [-0.2, 0) is 20.7 Å². The van der Waals surface area contributed by atoms with Gasteiger partial charge >= 0.3 is 5.97 Å². The minimum Gasteiger partial charge on any atom is -0.451 e. The molecule has 1 aromatic carbocycles. The highest BCUT2D eigenvalue weighted by Crippen LogP contribution is 2.42. The summed E-state index contributed by atoms with van der Waals surface area (Å²) in [6, 6.07) is 10.1. The molecule has 0 unspecified atom stereocenters. The lowest BCUT2D eigenvalue weighted by molar-refractivity contribution is -0.176. The zero-order chi connectivity index (χ0) is 18.4. The molecule has 5 heteroatoms. The molecule has 5 nitrogen and oxygen atoms in total. The maximum Gasteiger partial charge on any atom is 0.303 e. The summed E-state index contributed by atoms with van der Waals surface area (Å²) in [6.45, 7) is 2.99. The van der Waals surface area contributed by atoms with Crippen molar-refractivity contribution in [2.75, 3.05) is 0 Å². The third kappa shape index (κ3) is 4.47. The predicted molar refractivity (Wildman–Crippen MR) is 93.9 cm³/mol. The zero-order valence-electron chi connectivity index (χ0n) is 15.0. The fourth-order valence-corrected chi connectivity index (χ4v) is 3.95. The largest absolute Gasteiger partial charge is 0.451 e. The van der Waals surface area contributed by atoms with Crippen LogP contribution in [0.5, 0.6) is 0 Å². The average Bonchev–Trinajstić information content (AvgIpc) is 2.82. The standard InChI is InChI=1S/C20H28O5/c1-3-20(25-14(2)21)18(24)13-17(23)19(20)16(22)12-8-7-11-15-9-5-4-6-10-15/h4-6,9-10,16-17,19,22-23H,3,7-8,11-13H2,1-2H3/t16-,17-,19-,20+/m1/s1. The Kier molecular flexibility index (Phi) is 6.73. The number of ether oxygens (including phenoxy) is 1. The number of esters is 1. The molecule has 1 aliphatic carbocycles. The number of rotatable bonds is 8. The van der Waals surface area contributed by atoms with E-state index in [0.29, 0.717) is 6.42 Å². The molecule has 1 aliphatic rings. The first-order valence-electron chi connectivity index (χ1n) is 9.03. The number of carbonyl (C=O) groups is 2. The third-order valence-electron chi connectivity index (χ3n) is 5.14. The van der Waals surface area contributed by atoms with Gasteiger partial charge in [0, 0.05) is 13.3 Å². The Labute approximate surface area is 149 Å². The molecular formula is C20H28O5. The van der Waals surface area contributed by atoms with Gasteiger partial charge in [0.15, 0.2) is 11.4 Å². The van der Waals surface area contributed by atoms with Crippen LogP contribution >= 0.6 is 0 Å².